The fourth-order valence-corrected chi connectivity index (χ4v) is 4.46. The van der Waals surface area contributed by atoms with Gasteiger partial charge in [0.15, 0.2) is 12.0 Å². The molecule has 2 N–H and O–H groups in total. The second-order valence-corrected chi connectivity index (χ2v) is 10.2. The number of benzene rings is 2. The maximum Gasteiger partial charge on any atom is 0.335 e. The van der Waals surface area contributed by atoms with Crippen molar-refractivity contribution in [2.45, 2.75) is 38.0 Å². The molecule has 192 valence electrons. The Morgan fingerprint density at radius 1 is 1.08 bits per heavy atom. The van der Waals surface area contributed by atoms with Crippen molar-refractivity contribution in [2.75, 3.05) is 11.9 Å². The van der Waals surface area contributed by atoms with Crippen LogP contribution in [-0.2, 0) is 4.79 Å². The van der Waals surface area contributed by atoms with Crippen LogP contribution in [-0.4, -0.2) is 23.6 Å². The Labute approximate surface area is 218 Å². The second-order valence-electron chi connectivity index (χ2n) is 9.76. The number of hydrogen-bond donors (Lipinski definition) is 2. The smallest absolute Gasteiger partial charge is 0.335 e. The molecule has 1 aromatic heterocycles. The minimum absolute atomic E-state index is 0.0739. The third-order valence-corrected chi connectivity index (χ3v) is 7.09. The number of nitrogens with one attached hydrogen (secondary N) is 1. The number of rotatable bonds is 10. The fourth-order valence-electron chi connectivity index (χ4n) is 4.30. The summed E-state index contributed by atoms with van der Waals surface area (Å²) in [5, 5.41) is 25.0. The molecule has 37 heavy (non-hydrogen) atoms. The van der Waals surface area contributed by atoms with E-state index in [2.05, 4.69) is 5.32 Å². The minimum Gasteiger partial charge on any atom is -0.618 e. The number of carbonyl (C=O) groups excluding carboxylic acids is 1. The predicted molar refractivity (Wildman–Crippen MR) is 136 cm³/mol. The number of carbonyl (C=O) groups is 2. The van der Waals surface area contributed by atoms with Crippen LogP contribution in [0.25, 0.3) is 11.1 Å². The molecular weight excluding hydrogens is 499 g/mol. The van der Waals surface area contributed by atoms with Gasteiger partial charge in [0, 0.05) is 11.8 Å². The molecule has 0 spiro atoms. The molecular formula is C28H26ClFN2O5. The van der Waals surface area contributed by atoms with Crippen molar-refractivity contribution in [2.24, 2.45) is 11.8 Å². The quantitative estimate of drug-likeness (QED) is 0.258. The fraction of sp³-hybridized carbons (Fsp3) is 0.321. The molecule has 0 aliphatic heterocycles. The molecule has 1 atom stereocenters. The van der Waals surface area contributed by atoms with E-state index in [1.165, 1.54) is 36.5 Å². The molecule has 5 rings (SSSR count). The zero-order valence-electron chi connectivity index (χ0n) is 20.0. The first-order chi connectivity index (χ1) is 17.8. The standard InChI is InChI=1S/C28H26ClFN2O5/c29-22-10-12-24(37-15-17-3-4-17)25(26(22)30)19-7-11-23(32(36)14-19)21(13-16-1-2-16)27(33)31-20-8-5-18(6-9-20)28(34)35/h5-12,14,16-17,21H,1-4,13,15H2,(H,31,33)(H,34,35)/t21-/m1/s1. The van der Waals surface area contributed by atoms with Crippen LogP contribution in [0.5, 0.6) is 5.75 Å². The third-order valence-electron chi connectivity index (χ3n) is 6.80. The van der Waals surface area contributed by atoms with E-state index in [1.54, 1.807) is 18.2 Å². The first-order valence-corrected chi connectivity index (χ1v) is 12.7. The number of halogens is 2. The highest BCUT2D eigenvalue weighted by atomic mass is 35.5. The summed E-state index contributed by atoms with van der Waals surface area (Å²) in [5.41, 5.74) is 1.21. The summed E-state index contributed by atoms with van der Waals surface area (Å²) >= 11 is 6.04. The molecule has 1 heterocycles. The molecule has 0 radical (unpaired) electrons. The Morgan fingerprint density at radius 2 is 1.78 bits per heavy atom. The van der Waals surface area contributed by atoms with E-state index in [-0.39, 0.29) is 27.8 Å². The number of anilines is 1. The number of hydrogen-bond acceptors (Lipinski definition) is 4. The summed E-state index contributed by atoms with van der Waals surface area (Å²) in [4.78, 5) is 24.3. The van der Waals surface area contributed by atoms with Gasteiger partial charge in [-0.3, -0.25) is 4.79 Å². The van der Waals surface area contributed by atoms with Crippen LogP contribution >= 0.6 is 11.6 Å². The highest BCUT2D eigenvalue weighted by Gasteiger charge is 2.35. The van der Waals surface area contributed by atoms with E-state index in [4.69, 9.17) is 21.4 Å². The van der Waals surface area contributed by atoms with Gasteiger partial charge in [-0.2, -0.15) is 4.73 Å². The largest absolute Gasteiger partial charge is 0.618 e. The summed E-state index contributed by atoms with van der Waals surface area (Å²) in [6.45, 7) is 0.473. The number of amides is 1. The van der Waals surface area contributed by atoms with Crippen molar-refractivity contribution in [1.82, 2.24) is 0 Å². The van der Waals surface area contributed by atoms with Crippen molar-refractivity contribution >= 4 is 29.2 Å². The average Bonchev–Trinajstić information content (AvgIpc) is 3.80. The molecule has 1 amide bonds. The minimum atomic E-state index is -1.06. The molecule has 0 bridgehead atoms. The molecule has 3 aromatic rings. The zero-order chi connectivity index (χ0) is 26.1. The maximum absolute atomic E-state index is 15.1. The van der Waals surface area contributed by atoms with Gasteiger partial charge >= 0.3 is 5.97 Å². The second kappa shape index (κ2) is 10.4. The first-order valence-electron chi connectivity index (χ1n) is 12.3. The van der Waals surface area contributed by atoms with Crippen molar-refractivity contribution in [3.8, 4) is 16.9 Å². The lowest BCUT2D eigenvalue weighted by Crippen LogP contribution is -2.37. The molecule has 2 aliphatic carbocycles. The molecule has 2 aromatic carbocycles. The summed E-state index contributed by atoms with van der Waals surface area (Å²) in [6, 6.07) is 12.0. The Morgan fingerprint density at radius 3 is 2.41 bits per heavy atom. The van der Waals surface area contributed by atoms with Crippen molar-refractivity contribution in [1.29, 1.82) is 0 Å². The van der Waals surface area contributed by atoms with Gasteiger partial charge in [-0.15, -0.1) is 0 Å². The summed E-state index contributed by atoms with van der Waals surface area (Å²) in [6.07, 6.45) is 5.89. The third kappa shape index (κ3) is 5.85. The van der Waals surface area contributed by atoms with Crippen LogP contribution < -0.4 is 14.8 Å². The molecule has 2 fully saturated rings. The monoisotopic (exact) mass is 524 g/mol. The Bertz CT molecular complexity index is 1340. The zero-order valence-corrected chi connectivity index (χ0v) is 20.7. The van der Waals surface area contributed by atoms with E-state index >= 15 is 4.39 Å². The van der Waals surface area contributed by atoms with E-state index < -0.39 is 17.7 Å². The SMILES string of the molecule is O=C(O)c1ccc(NC(=O)[C@H](CC2CC2)c2ccc(-c3c(OCC4CC4)ccc(Cl)c3F)c[n+]2[O-])cc1. The highest BCUT2D eigenvalue weighted by molar-refractivity contribution is 6.31. The number of carboxylic acid groups (broad SMARTS) is 1. The number of aromatic nitrogens is 1. The van der Waals surface area contributed by atoms with E-state index in [1.807, 2.05) is 0 Å². The molecule has 0 saturated heterocycles. The van der Waals surface area contributed by atoms with Crippen LogP contribution in [0, 0.1) is 22.9 Å². The molecule has 0 unspecified atom stereocenters. The van der Waals surface area contributed by atoms with Crippen LogP contribution in [0.4, 0.5) is 10.1 Å². The Balaban J connectivity index is 1.42. The molecule has 2 aliphatic rings. The van der Waals surface area contributed by atoms with Crippen LogP contribution in [0.2, 0.25) is 5.02 Å². The van der Waals surface area contributed by atoms with Crippen LogP contribution in [0.15, 0.2) is 54.7 Å². The van der Waals surface area contributed by atoms with Gasteiger partial charge in [-0.1, -0.05) is 24.4 Å². The maximum atomic E-state index is 15.1. The van der Waals surface area contributed by atoms with Gasteiger partial charge in [0.05, 0.1) is 28.3 Å². The van der Waals surface area contributed by atoms with Crippen molar-refractivity contribution in [3.05, 3.63) is 82.0 Å². The summed E-state index contributed by atoms with van der Waals surface area (Å²) < 4.78 is 21.5. The van der Waals surface area contributed by atoms with Crippen molar-refractivity contribution < 1.29 is 28.6 Å². The van der Waals surface area contributed by atoms with Crippen LogP contribution in [0.1, 0.15) is 54.1 Å². The van der Waals surface area contributed by atoms with Crippen LogP contribution in [0.3, 0.4) is 0 Å². The number of carboxylic acids is 1. The summed E-state index contributed by atoms with van der Waals surface area (Å²) in [5.74, 6) is -1.70. The lowest BCUT2D eigenvalue weighted by atomic mass is 9.95. The number of aromatic carboxylic acids is 1. The van der Waals surface area contributed by atoms with Gasteiger partial charge in [-0.25, -0.2) is 9.18 Å². The van der Waals surface area contributed by atoms with E-state index in [9.17, 15) is 14.8 Å². The van der Waals surface area contributed by atoms with Gasteiger partial charge in [0.2, 0.25) is 11.6 Å². The average molecular weight is 525 g/mol. The lowest BCUT2D eigenvalue weighted by Gasteiger charge is -2.18. The van der Waals surface area contributed by atoms with Gasteiger partial charge in [0.1, 0.15) is 11.7 Å². The van der Waals surface area contributed by atoms with Gasteiger partial charge < -0.3 is 20.4 Å². The molecule has 2 saturated carbocycles. The lowest BCUT2D eigenvalue weighted by molar-refractivity contribution is -0.614. The normalized spacial score (nSPS) is 15.7. The van der Waals surface area contributed by atoms with Crippen molar-refractivity contribution in [3.63, 3.8) is 0 Å². The number of nitrogens with zero attached hydrogens (tertiary/aromatic N) is 1. The topological polar surface area (TPSA) is 103 Å². The van der Waals surface area contributed by atoms with E-state index in [0.717, 1.165) is 25.7 Å². The number of ether oxygens (including phenoxy) is 1. The number of pyridine rings is 1. The first kappa shape index (κ1) is 25.0. The predicted octanol–water partition coefficient (Wildman–Crippen LogP) is 5.79. The Kier molecular flexibility index (Phi) is 7.02. The van der Waals surface area contributed by atoms with Gasteiger partial charge in [0.25, 0.3) is 0 Å². The van der Waals surface area contributed by atoms with E-state index in [0.29, 0.717) is 46.6 Å². The highest BCUT2D eigenvalue weighted by Crippen LogP contribution is 2.40. The molecule has 9 heteroatoms. The Hall–Kier alpha value is -3.65. The molecule has 7 nitrogen and oxygen atoms in total. The summed E-state index contributed by atoms with van der Waals surface area (Å²) in [7, 11) is 0. The van der Waals surface area contributed by atoms with Gasteiger partial charge in [-0.05, 0) is 73.6 Å².